The van der Waals surface area contributed by atoms with Gasteiger partial charge in [0.25, 0.3) is 0 Å². The summed E-state index contributed by atoms with van der Waals surface area (Å²) in [7, 11) is 0. The molecule has 0 heterocycles. The maximum atomic E-state index is 5.14. The third kappa shape index (κ3) is 7.05. The van der Waals surface area contributed by atoms with Crippen molar-refractivity contribution in [1.29, 1.82) is 0 Å². The number of aryl methyl sites for hydroxylation is 1. The maximum absolute atomic E-state index is 5.14. The Morgan fingerprint density at radius 3 is 2.32 bits per heavy atom. The smallest absolute Gasteiger partial charge is 0.157 e. The first-order chi connectivity index (χ1) is 12.4. The van der Waals surface area contributed by atoms with Crippen molar-refractivity contribution in [2.45, 2.75) is 89.1 Å². The molecule has 0 aliphatic heterocycles. The predicted molar refractivity (Wildman–Crippen MR) is 112 cm³/mol. The molecule has 2 aliphatic carbocycles. The Morgan fingerprint density at radius 2 is 1.60 bits per heavy atom. The molecule has 3 rings (SSSR count). The Kier molecular flexibility index (Phi) is 8.21. The van der Waals surface area contributed by atoms with Crippen LogP contribution in [0.25, 0.3) is 0 Å². The molecule has 2 saturated carbocycles. The summed E-state index contributed by atoms with van der Waals surface area (Å²) in [4.78, 5) is 5.14. The molecule has 138 valence electrons. The van der Waals surface area contributed by atoms with E-state index in [0.29, 0.717) is 12.1 Å². The number of thioether (sulfide) groups is 1. The topological polar surface area (TPSA) is 24.4 Å². The summed E-state index contributed by atoms with van der Waals surface area (Å²) >= 11 is 1.97. The lowest BCUT2D eigenvalue weighted by Gasteiger charge is -2.26. The van der Waals surface area contributed by atoms with Gasteiger partial charge < -0.3 is 5.32 Å². The lowest BCUT2D eigenvalue weighted by atomic mass is 9.95. The van der Waals surface area contributed by atoms with Gasteiger partial charge in [-0.15, -0.1) is 0 Å². The highest BCUT2D eigenvalue weighted by Gasteiger charge is 2.17. The Labute approximate surface area is 158 Å². The molecule has 0 atom stereocenters. The lowest BCUT2D eigenvalue weighted by Crippen LogP contribution is -2.35. The summed E-state index contributed by atoms with van der Waals surface area (Å²) in [5.74, 6) is 1.17. The van der Waals surface area contributed by atoms with Gasteiger partial charge in [-0.3, -0.25) is 4.99 Å². The van der Waals surface area contributed by atoms with Crippen molar-refractivity contribution in [2.75, 3.05) is 5.75 Å². The van der Waals surface area contributed by atoms with E-state index in [1.807, 2.05) is 11.8 Å². The van der Waals surface area contributed by atoms with Crippen LogP contribution in [0.15, 0.2) is 35.3 Å². The zero-order valence-electron chi connectivity index (χ0n) is 15.6. The number of nitrogens with one attached hydrogen (secondary N) is 1. The van der Waals surface area contributed by atoms with Crippen LogP contribution >= 0.6 is 11.8 Å². The number of nitrogens with zero attached hydrogens (tertiary/aromatic N) is 1. The Bertz CT molecular complexity index is 502. The minimum Gasteiger partial charge on any atom is -0.362 e. The van der Waals surface area contributed by atoms with Gasteiger partial charge in [0.2, 0.25) is 0 Å². The van der Waals surface area contributed by atoms with Crippen LogP contribution in [0.1, 0.15) is 76.2 Å². The summed E-state index contributed by atoms with van der Waals surface area (Å²) in [6, 6.07) is 12.1. The first kappa shape index (κ1) is 18.8. The first-order valence-corrected chi connectivity index (χ1v) is 11.4. The fourth-order valence-electron chi connectivity index (χ4n) is 4.00. The number of aliphatic imine (C=N–C) groups is 1. The minimum absolute atomic E-state index is 0.571. The molecule has 3 heteroatoms. The molecular weight excluding hydrogens is 324 g/mol. The number of hydrogen-bond donors (Lipinski definition) is 1. The van der Waals surface area contributed by atoms with Crippen molar-refractivity contribution in [3.63, 3.8) is 0 Å². The maximum Gasteiger partial charge on any atom is 0.157 e. The van der Waals surface area contributed by atoms with E-state index in [-0.39, 0.29) is 0 Å². The second-order valence-electron chi connectivity index (χ2n) is 7.64. The number of rotatable bonds is 6. The molecule has 1 N–H and O–H groups in total. The van der Waals surface area contributed by atoms with Crippen molar-refractivity contribution in [2.24, 2.45) is 4.99 Å². The average Bonchev–Trinajstić information content (AvgIpc) is 2.67. The third-order valence-electron chi connectivity index (χ3n) is 5.50. The minimum atomic E-state index is 0.571. The molecule has 0 spiro atoms. The zero-order valence-corrected chi connectivity index (χ0v) is 16.4. The molecule has 0 radical (unpaired) electrons. The second kappa shape index (κ2) is 10.9. The van der Waals surface area contributed by atoms with Crippen molar-refractivity contribution in [1.82, 2.24) is 5.32 Å². The van der Waals surface area contributed by atoms with Crippen LogP contribution in [0.2, 0.25) is 0 Å². The predicted octanol–water partition coefficient (Wildman–Crippen LogP) is 5.96. The van der Waals surface area contributed by atoms with Gasteiger partial charge in [0.15, 0.2) is 5.17 Å². The Morgan fingerprint density at radius 1 is 0.920 bits per heavy atom. The van der Waals surface area contributed by atoms with Gasteiger partial charge in [0, 0.05) is 11.8 Å². The van der Waals surface area contributed by atoms with E-state index < -0.39 is 0 Å². The Balaban J connectivity index is 1.48. The number of benzene rings is 1. The molecule has 1 aromatic carbocycles. The van der Waals surface area contributed by atoms with Gasteiger partial charge in [0.1, 0.15) is 0 Å². The highest BCUT2D eigenvalue weighted by molar-refractivity contribution is 8.13. The van der Waals surface area contributed by atoms with E-state index in [4.69, 9.17) is 4.99 Å². The molecule has 2 aliphatic rings. The molecule has 0 unspecified atom stereocenters. The van der Waals surface area contributed by atoms with Crippen LogP contribution in [-0.4, -0.2) is 23.0 Å². The SMILES string of the molecule is c1ccc(CCCSC(=NC2CCCCC2)NC2CCCCC2)cc1. The van der Waals surface area contributed by atoms with Crippen molar-refractivity contribution >= 4 is 16.9 Å². The van der Waals surface area contributed by atoms with Crippen LogP contribution in [-0.2, 0) is 6.42 Å². The van der Waals surface area contributed by atoms with Gasteiger partial charge in [-0.2, -0.15) is 0 Å². The highest BCUT2D eigenvalue weighted by atomic mass is 32.2. The van der Waals surface area contributed by atoms with E-state index >= 15 is 0 Å². The molecule has 0 aromatic heterocycles. The molecule has 2 fully saturated rings. The van der Waals surface area contributed by atoms with Gasteiger partial charge in [0.05, 0.1) is 6.04 Å². The first-order valence-electron chi connectivity index (χ1n) is 10.4. The molecule has 2 nitrogen and oxygen atoms in total. The van der Waals surface area contributed by atoms with Crippen molar-refractivity contribution in [3.8, 4) is 0 Å². The Hall–Kier alpha value is -0.960. The molecule has 0 bridgehead atoms. The third-order valence-corrected chi connectivity index (χ3v) is 6.49. The average molecular weight is 359 g/mol. The molecule has 25 heavy (non-hydrogen) atoms. The molecule has 1 aromatic rings. The van der Waals surface area contributed by atoms with Crippen LogP contribution in [0.5, 0.6) is 0 Å². The quantitative estimate of drug-likeness (QED) is 0.385. The number of amidine groups is 1. The van der Waals surface area contributed by atoms with Gasteiger partial charge in [-0.25, -0.2) is 0 Å². The van der Waals surface area contributed by atoms with Gasteiger partial charge in [-0.1, -0.05) is 80.6 Å². The molecule has 0 amide bonds. The fourth-order valence-corrected chi connectivity index (χ4v) is 4.96. The normalized spacial score (nSPS) is 20.6. The van der Waals surface area contributed by atoms with Crippen LogP contribution in [0.3, 0.4) is 0 Å². The molecule has 0 saturated heterocycles. The van der Waals surface area contributed by atoms with E-state index in [0.717, 1.165) is 0 Å². The van der Waals surface area contributed by atoms with E-state index in [1.165, 1.54) is 93.5 Å². The van der Waals surface area contributed by atoms with E-state index in [9.17, 15) is 0 Å². The summed E-state index contributed by atoms with van der Waals surface area (Å²) in [6.45, 7) is 0. The summed E-state index contributed by atoms with van der Waals surface area (Å²) < 4.78 is 0. The van der Waals surface area contributed by atoms with Crippen molar-refractivity contribution in [3.05, 3.63) is 35.9 Å². The van der Waals surface area contributed by atoms with Crippen LogP contribution in [0, 0.1) is 0 Å². The van der Waals surface area contributed by atoms with E-state index in [2.05, 4.69) is 35.6 Å². The van der Waals surface area contributed by atoms with Crippen LogP contribution < -0.4 is 5.32 Å². The lowest BCUT2D eigenvalue weighted by molar-refractivity contribution is 0.411. The zero-order chi connectivity index (χ0) is 17.2. The largest absolute Gasteiger partial charge is 0.362 e. The summed E-state index contributed by atoms with van der Waals surface area (Å²) in [5.41, 5.74) is 1.45. The second-order valence-corrected chi connectivity index (χ2v) is 8.73. The highest BCUT2D eigenvalue weighted by Crippen LogP contribution is 2.23. The standard InChI is InChI=1S/C22H34N2S/c1-4-11-19(12-5-1)13-10-18-25-22(23-20-14-6-2-7-15-20)24-21-16-8-3-9-17-21/h1,4-5,11-12,20-21H,2-3,6-10,13-18H2,(H,23,24). The van der Waals surface area contributed by atoms with Gasteiger partial charge in [-0.05, 0) is 44.1 Å². The van der Waals surface area contributed by atoms with Crippen molar-refractivity contribution < 1.29 is 0 Å². The monoisotopic (exact) mass is 358 g/mol. The summed E-state index contributed by atoms with van der Waals surface area (Å²) in [6.07, 6.45) is 16.0. The van der Waals surface area contributed by atoms with E-state index in [1.54, 1.807) is 0 Å². The number of hydrogen-bond acceptors (Lipinski definition) is 2. The summed E-state index contributed by atoms with van der Waals surface area (Å²) in [5, 5.41) is 5.06. The van der Waals surface area contributed by atoms with Gasteiger partial charge >= 0.3 is 0 Å². The molecular formula is C22H34N2S. The van der Waals surface area contributed by atoms with Crippen LogP contribution in [0.4, 0.5) is 0 Å². The fraction of sp³-hybridized carbons (Fsp3) is 0.682.